The second-order valence-electron chi connectivity index (χ2n) is 8.66. The van der Waals surface area contributed by atoms with Gasteiger partial charge in [0.25, 0.3) is 5.91 Å². The molecule has 1 amide bonds. The largest absolute Gasteiger partial charge is 0.494 e. The molecule has 0 atom stereocenters. The maximum atomic E-state index is 13.1. The maximum Gasteiger partial charge on any atom is 0.266 e. The quantitative estimate of drug-likeness (QED) is 0.200. The topological polar surface area (TPSA) is 76.3 Å². The summed E-state index contributed by atoms with van der Waals surface area (Å²) in [4.78, 5) is 12.8. The number of benzene rings is 3. The van der Waals surface area contributed by atoms with E-state index in [1.165, 1.54) is 12.1 Å². The Balaban J connectivity index is 1.49. The molecule has 1 N–H and O–H groups in total. The highest BCUT2D eigenvalue weighted by atomic mass is 19.1. The summed E-state index contributed by atoms with van der Waals surface area (Å²) >= 11 is 0. The fourth-order valence-corrected chi connectivity index (χ4v) is 4.10. The van der Waals surface area contributed by atoms with Gasteiger partial charge in [-0.15, -0.1) is 0 Å². The Labute approximate surface area is 221 Å². The van der Waals surface area contributed by atoms with E-state index in [4.69, 9.17) is 9.47 Å². The first kappa shape index (κ1) is 26.2. The van der Waals surface area contributed by atoms with Crippen molar-refractivity contribution in [2.75, 3.05) is 11.9 Å². The van der Waals surface area contributed by atoms with Gasteiger partial charge in [-0.2, -0.15) is 5.26 Å². The van der Waals surface area contributed by atoms with Crippen molar-refractivity contribution < 1.29 is 18.7 Å². The van der Waals surface area contributed by atoms with E-state index in [0.29, 0.717) is 30.4 Å². The van der Waals surface area contributed by atoms with E-state index in [9.17, 15) is 14.4 Å². The Morgan fingerprint density at radius 1 is 1.00 bits per heavy atom. The van der Waals surface area contributed by atoms with Gasteiger partial charge in [0.15, 0.2) is 0 Å². The molecule has 7 heteroatoms. The van der Waals surface area contributed by atoms with Crippen molar-refractivity contribution in [1.29, 1.82) is 5.26 Å². The first-order valence-corrected chi connectivity index (χ1v) is 12.2. The molecule has 0 radical (unpaired) electrons. The van der Waals surface area contributed by atoms with Gasteiger partial charge in [0, 0.05) is 28.8 Å². The molecular weight excluding hydrogens is 481 g/mol. The van der Waals surface area contributed by atoms with E-state index in [0.717, 1.165) is 28.2 Å². The number of anilines is 1. The molecule has 0 aliphatic rings. The van der Waals surface area contributed by atoms with E-state index in [2.05, 4.69) is 5.32 Å². The Bertz CT molecular complexity index is 1500. The summed E-state index contributed by atoms with van der Waals surface area (Å²) in [6.45, 7) is 6.65. The summed E-state index contributed by atoms with van der Waals surface area (Å²) in [5.74, 6) is 0.564. The van der Waals surface area contributed by atoms with Gasteiger partial charge in [-0.05, 0) is 92.6 Å². The first-order chi connectivity index (χ1) is 18.4. The molecule has 0 aliphatic heterocycles. The third kappa shape index (κ3) is 6.29. The third-order valence-corrected chi connectivity index (χ3v) is 5.95. The molecule has 38 heavy (non-hydrogen) atoms. The van der Waals surface area contributed by atoms with Crippen molar-refractivity contribution in [3.8, 4) is 23.3 Å². The second kappa shape index (κ2) is 11.9. The number of hydrogen-bond acceptors (Lipinski definition) is 4. The minimum atomic E-state index is -0.492. The maximum absolute atomic E-state index is 13.1. The Morgan fingerprint density at radius 2 is 1.74 bits per heavy atom. The van der Waals surface area contributed by atoms with Crippen LogP contribution in [0.1, 0.15) is 29.4 Å². The van der Waals surface area contributed by atoms with Crippen molar-refractivity contribution in [3.63, 3.8) is 0 Å². The number of halogens is 1. The normalized spacial score (nSPS) is 11.1. The summed E-state index contributed by atoms with van der Waals surface area (Å²) in [7, 11) is 0. The lowest BCUT2D eigenvalue weighted by atomic mass is 10.1. The fourth-order valence-electron chi connectivity index (χ4n) is 4.10. The van der Waals surface area contributed by atoms with Crippen molar-refractivity contribution in [1.82, 2.24) is 4.57 Å². The van der Waals surface area contributed by atoms with Crippen LogP contribution in [-0.4, -0.2) is 17.1 Å². The molecular formula is C31H28FN3O3. The highest BCUT2D eigenvalue weighted by molar-refractivity contribution is 6.09. The van der Waals surface area contributed by atoms with Gasteiger partial charge in [0.05, 0.1) is 6.61 Å². The lowest BCUT2D eigenvalue weighted by Crippen LogP contribution is -2.13. The van der Waals surface area contributed by atoms with Crippen molar-refractivity contribution in [2.45, 2.75) is 27.4 Å². The van der Waals surface area contributed by atoms with Crippen LogP contribution in [0.3, 0.4) is 0 Å². The highest BCUT2D eigenvalue weighted by Crippen LogP contribution is 2.25. The molecule has 3 aromatic carbocycles. The number of hydrogen-bond donors (Lipinski definition) is 1. The van der Waals surface area contributed by atoms with Gasteiger partial charge in [0.1, 0.15) is 35.6 Å². The molecule has 6 nitrogen and oxygen atoms in total. The Hall–Kier alpha value is -4.83. The highest BCUT2D eigenvalue weighted by Gasteiger charge is 2.14. The van der Waals surface area contributed by atoms with Crippen LogP contribution >= 0.6 is 0 Å². The second-order valence-corrected chi connectivity index (χ2v) is 8.66. The van der Waals surface area contributed by atoms with Gasteiger partial charge in [-0.1, -0.05) is 18.2 Å². The minimum absolute atomic E-state index is 0.00314. The third-order valence-electron chi connectivity index (χ3n) is 5.95. The van der Waals surface area contributed by atoms with Gasteiger partial charge < -0.3 is 19.4 Å². The number of nitriles is 1. The number of ether oxygens (including phenoxy) is 2. The van der Waals surface area contributed by atoms with E-state index in [1.54, 1.807) is 42.5 Å². The lowest BCUT2D eigenvalue weighted by Gasteiger charge is -2.12. The zero-order valence-electron chi connectivity index (χ0n) is 21.5. The summed E-state index contributed by atoms with van der Waals surface area (Å²) in [5.41, 5.74) is 4.96. The number of rotatable bonds is 9. The van der Waals surface area contributed by atoms with Crippen LogP contribution in [0.25, 0.3) is 11.8 Å². The minimum Gasteiger partial charge on any atom is -0.494 e. The van der Waals surface area contributed by atoms with E-state index < -0.39 is 5.91 Å². The molecule has 0 fully saturated rings. The number of nitrogens with zero attached hydrogens (tertiary/aromatic N) is 2. The van der Waals surface area contributed by atoms with Crippen LogP contribution in [0.2, 0.25) is 0 Å². The number of nitrogens with one attached hydrogen (secondary N) is 1. The SMILES string of the molecule is CCOc1cccc(NC(=O)/C(C#N)=C\c2cc(C)n(-c3ccc(OCc4ccc(F)cc4)cc3)c2C)c1. The van der Waals surface area contributed by atoms with Crippen LogP contribution in [0.5, 0.6) is 11.5 Å². The Kier molecular flexibility index (Phi) is 8.24. The molecule has 0 saturated heterocycles. The molecule has 0 spiro atoms. The fraction of sp³-hybridized carbons (Fsp3) is 0.161. The van der Waals surface area contributed by atoms with E-state index in [-0.39, 0.29) is 11.4 Å². The summed E-state index contributed by atoms with van der Waals surface area (Å²) in [6.07, 6.45) is 1.60. The lowest BCUT2D eigenvalue weighted by molar-refractivity contribution is -0.112. The average Bonchev–Trinajstić information content (AvgIpc) is 3.19. The molecule has 4 aromatic rings. The summed E-state index contributed by atoms with van der Waals surface area (Å²) in [5, 5.41) is 12.5. The molecule has 0 unspecified atom stereocenters. The zero-order chi connectivity index (χ0) is 27.1. The van der Waals surface area contributed by atoms with E-state index in [1.807, 2.05) is 61.7 Å². The molecule has 0 aliphatic carbocycles. The number of amides is 1. The van der Waals surface area contributed by atoms with Crippen LogP contribution in [0.15, 0.2) is 84.4 Å². The standard InChI is InChI=1S/C31H28FN3O3/c1-4-37-30-7-5-6-27(18-30)34-31(36)25(19-33)17-24-16-21(2)35(22(24)3)28-12-14-29(15-13-28)38-20-23-8-10-26(32)11-9-23/h5-18H,4,20H2,1-3H3,(H,34,36)/b25-17-. The molecule has 1 aromatic heterocycles. The van der Waals surface area contributed by atoms with E-state index >= 15 is 0 Å². The van der Waals surface area contributed by atoms with Crippen molar-refractivity contribution >= 4 is 17.7 Å². The zero-order valence-corrected chi connectivity index (χ0v) is 21.5. The number of carbonyl (C=O) groups is 1. The number of aryl methyl sites for hydroxylation is 1. The molecule has 4 rings (SSSR count). The van der Waals surface area contributed by atoms with Crippen LogP contribution in [0, 0.1) is 31.0 Å². The average molecular weight is 510 g/mol. The van der Waals surface area contributed by atoms with Gasteiger partial charge >= 0.3 is 0 Å². The van der Waals surface area contributed by atoms with Gasteiger partial charge in [-0.25, -0.2) is 4.39 Å². The molecule has 0 saturated carbocycles. The van der Waals surface area contributed by atoms with Crippen molar-refractivity contribution in [2.24, 2.45) is 0 Å². The summed E-state index contributed by atoms with van der Waals surface area (Å²) in [6, 6.07) is 24.8. The van der Waals surface area contributed by atoms with Gasteiger partial charge in [0.2, 0.25) is 0 Å². The monoisotopic (exact) mass is 509 g/mol. The summed E-state index contributed by atoms with van der Waals surface area (Å²) < 4.78 is 26.4. The van der Waals surface area contributed by atoms with Crippen LogP contribution in [0.4, 0.5) is 10.1 Å². The van der Waals surface area contributed by atoms with Crippen LogP contribution in [-0.2, 0) is 11.4 Å². The first-order valence-electron chi connectivity index (χ1n) is 12.2. The van der Waals surface area contributed by atoms with Gasteiger partial charge in [-0.3, -0.25) is 4.79 Å². The Morgan fingerprint density at radius 3 is 2.42 bits per heavy atom. The molecule has 0 bridgehead atoms. The number of aromatic nitrogens is 1. The van der Waals surface area contributed by atoms with Crippen LogP contribution < -0.4 is 14.8 Å². The smallest absolute Gasteiger partial charge is 0.266 e. The van der Waals surface area contributed by atoms with Crippen molar-refractivity contribution in [3.05, 3.63) is 113 Å². The number of carbonyl (C=O) groups excluding carboxylic acids is 1. The molecule has 192 valence electrons. The molecule has 1 heterocycles. The predicted molar refractivity (Wildman–Crippen MR) is 146 cm³/mol. The predicted octanol–water partition coefficient (Wildman–Crippen LogP) is 6.76.